The highest BCUT2D eigenvalue weighted by molar-refractivity contribution is 6.02. The van der Waals surface area contributed by atoms with Crippen LogP contribution in [0.3, 0.4) is 0 Å². The van der Waals surface area contributed by atoms with Crippen LogP contribution in [-0.4, -0.2) is 47.3 Å². The molecule has 1 fully saturated rings. The summed E-state index contributed by atoms with van der Waals surface area (Å²) in [4.78, 5) is 27.7. The molecule has 2 aromatic rings. The molecular formula is C17H20N4O4. The lowest BCUT2D eigenvalue weighted by atomic mass is 10.1. The smallest absolute Gasteiger partial charge is 0.245 e. The Balaban J connectivity index is 1.54. The van der Waals surface area contributed by atoms with E-state index in [4.69, 9.17) is 9.94 Å². The minimum atomic E-state index is -0.497. The highest BCUT2D eigenvalue weighted by Crippen LogP contribution is 2.21. The van der Waals surface area contributed by atoms with Crippen LogP contribution >= 0.6 is 0 Å². The molecule has 2 atom stereocenters. The molecule has 2 amide bonds. The summed E-state index contributed by atoms with van der Waals surface area (Å²) >= 11 is 0. The second-order valence-corrected chi connectivity index (χ2v) is 5.84. The summed E-state index contributed by atoms with van der Waals surface area (Å²) in [6.45, 7) is 0.729. The zero-order chi connectivity index (χ0) is 17.6. The van der Waals surface area contributed by atoms with Crippen molar-refractivity contribution in [3.05, 3.63) is 36.5 Å². The van der Waals surface area contributed by atoms with Crippen LogP contribution in [0.4, 0.5) is 5.69 Å². The number of carbonyl (C=O) groups is 2. The Hall–Kier alpha value is -2.55. The number of fused-ring (bicyclic) bond motifs is 1. The molecule has 1 aromatic heterocycles. The third-order valence-corrected chi connectivity index (χ3v) is 4.10. The predicted octanol–water partition coefficient (Wildman–Crippen LogP) is 0.816. The van der Waals surface area contributed by atoms with Crippen molar-refractivity contribution in [2.75, 3.05) is 18.5 Å². The number of amides is 2. The van der Waals surface area contributed by atoms with E-state index in [0.717, 1.165) is 10.9 Å². The van der Waals surface area contributed by atoms with Gasteiger partial charge in [0.05, 0.1) is 36.4 Å². The van der Waals surface area contributed by atoms with Crippen LogP contribution < -0.4 is 16.1 Å². The number of anilines is 1. The fourth-order valence-electron chi connectivity index (χ4n) is 2.83. The SMILES string of the molecule is O=C(CCO[C@H]1CN[C@@H](C(=O)Nc2cccc3cccnc23)C1)NO. The second-order valence-electron chi connectivity index (χ2n) is 5.84. The van der Waals surface area contributed by atoms with Crippen LogP contribution in [0.25, 0.3) is 10.9 Å². The third-order valence-electron chi connectivity index (χ3n) is 4.10. The Kier molecular flexibility index (Phi) is 5.54. The second kappa shape index (κ2) is 8.02. The molecule has 4 N–H and O–H groups in total. The Labute approximate surface area is 144 Å². The summed E-state index contributed by atoms with van der Waals surface area (Å²) in [5.41, 5.74) is 2.98. The van der Waals surface area contributed by atoms with Crippen molar-refractivity contribution in [1.29, 1.82) is 0 Å². The normalized spacial score (nSPS) is 19.7. The molecule has 132 valence electrons. The van der Waals surface area contributed by atoms with Gasteiger partial charge >= 0.3 is 0 Å². The number of ether oxygens (including phenoxy) is 1. The van der Waals surface area contributed by atoms with Crippen LogP contribution in [0.15, 0.2) is 36.5 Å². The molecule has 0 aliphatic carbocycles. The fourth-order valence-corrected chi connectivity index (χ4v) is 2.83. The topological polar surface area (TPSA) is 113 Å². The number of benzene rings is 1. The first kappa shape index (κ1) is 17.3. The molecule has 0 saturated carbocycles. The largest absolute Gasteiger partial charge is 0.376 e. The third kappa shape index (κ3) is 4.30. The van der Waals surface area contributed by atoms with E-state index >= 15 is 0 Å². The summed E-state index contributed by atoms with van der Waals surface area (Å²) in [5, 5.41) is 15.4. The Bertz CT molecular complexity index is 762. The lowest BCUT2D eigenvalue weighted by molar-refractivity contribution is -0.130. The minimum Gasteiger partial charge on any atom is -0.376 e. The maximum absolute atomic E-state index is 12.5. The Morgan fingerprint density at radius 2 is 2.16 bits per heavy atom. The average Bonchev–Trinajstić information content (AvgIpc) is 3.11. The minimum absolute atomic E-state index is 0.0749. The number of nitrogens with one attached hydrogen (secondary N) is 3. The van der Waals surface area contributed by atoms with E-state index in [0.29, 0.717) is 18.7 Å². The first-order valence-electron chi connectivity index (χ1n) is 8.10. The summed E-state index contributed by atoms with van der Waals surface area (Å²) in [5.74, 6) is -0.638. The molecule has 1 aliphatic heterocycles. The van der Waals surface area contributed by atoms with Gasteiger partial charge in [-0.1, -0.05) is 18.2 Å². The van der Waals surface area contributed by atoms with Gasteiger partial charge in [0.25, 0.3) is 0 Å². The Morgan fingerprint density at radius 3 is 3.00 bits per heavy atom. The van der Waals surface area contributed by atoms with Gasteiger partial charge in [0, 0.05) is 18.1 Å². The first-order chi connectivity index (χ1) is 12.2. The van der Waals surface area contributed by atoms with Crippen molar-refractivity contribution in [1.82, 2.24) is 15.8 Å². The van der Waals surface area contributed by atoms with Crippen molar-refractivity contribution >= 4 is 28.4 Å². The standard InChI is InChI=1S/C17H20N4O4/c22-15(21-24)6-8-25-12-9-14(19-10-12)17(23)20-13-5-1-3-11-4-2-7-18-16(11)13/h1-5,7,12,14,19,24H,6,8-10H2,(H,20,23)(H,21,22)/t12-,14-/m1/s1. The quantitative estimate of drug-likeness (QED) is 0.456. The van der Waals surface area contributed by atoms with E-state index in [-0.39, 0.29) is 31.1 Å². The van der Waals surface area contributed by atoms with Crippen molar-refractivity contribution in [3.63, 3.8) is 0 Å². The van der Waals surface area contributed by atoms with Crippen molar-refractivity contribution in [2.24, 2.45) is 0 Å². The number of nitrogens with zero attached hydrogens (tertiary/aromatic N) is 1. The highest BCUT2D eigenvalue weighted by Gasteiger charge is 2.30. The summed E-state index contributed by atoms with van der Waals surface area (Å²) in [7, 11) is 0. The van der Waals surface area contributed by atoms with Crippen molar-refractivity contribution < 1.29 is 19.5 Å². The van der Waals surface area contributed by atoms with Crippen LogP contribution in [-0.2, 0) is 14.3 Å². The molecule has 1 saturated heterocycles. The first-order valence-corrected chi connectivity index (χ1v) is 8.10. The van der Waals surface area contributed by atoms with Crippen LogP contribution in [0.1, 0.15) is 12.8 Å². The van der Waals surface area contributed by atoms with E-state index in [2.05, 4.69) is 15.6 Å². The molecule has 0 radical (unpaired) electrons. The fraction of sp³-hybridized carbons (Fsp3) is 0.353. The molecular weight excluding hydrogens is 324 g/mol. The average molecular weight is 344 g/mol. The molecule has 25 heavy (non-hydrogen) atoms. The van der Waals surface area contributed by atoms with E-state index in [9.17, 15) is 9.59 Å². The number of carbonyl (C=O) groups excluding carboxylic acids is 2. The lowest BCUT2D eigenvalue weighted by Gasteiger charge is -2.13. The molecule has 0 spiro atoms. The van der Waals surface area contributed by atoms with Gasteiger partial charge in [0.2, 0.25) is 11.8 Å². The molecule has 1 aliphatic rings. The van der Waals surface area contributed by atoms with Crippen molar-refractivity contribution in [2.45, 2.75) is 25.0 Å². The summed E-state index contributed by atoms with van der Waals surface area (Å²) in [6, 6.07) is 9.07. The number of aromatic nitrogens is 1. The highest BCUT2D eigenvalue weighted by atomic mass is 16.5. The van der Waals surface area contributed by atoms with E-state index in [1.54, 1.807) is 11.7 Å². The molecule has 3 rings (SSSR count). The number of rotatable bonds is 6. The van der Waals surface area contributed by atoms with E-state index in [1.807, 2.05) is 30.3 Å². The Morgan fingerprint density at radius 1 is 1.32 bits per heavy atom. The van der Waals surface area contributed by atoms with Gasteiger partial charge in [-0.15, -0.1) is 0 Å². The van der Waals surface area contributed by atoms with Gasteiger partial charge in [-0.05, 0) is 18.6 Å². The maximum atomic E-state index is 12.5. The summed E-state index contributed by atoms with van der Waals surface area (Å²) in [6.07, 6.45) is 2.14. The maximum Gasteiger partial charge on any atom is 0.245 e. The van der Waals surface area contributed by atoms with Gasteiger partial charge in [-0.3, -0.25) is 19.8 Å². The predicted molar refractivity (Wildman–Crippen MR) is 91.1 cm³/mol. The van der Waals surface area contributed by atoms with Gasteiger partial charge in [-0.25, -0.2) is 5.48 Å². The van der Waals surface area contributed by atoms with Gasteiger partial charge in [0.15, 0.2) is 0 Å². The number of hydrogen-bond donors (Lipinski definition) is 4. The van der Waals surface area contributed by atoms with Crippen LogP contribution in [0.5, 0.6) is 0 Å². The zero-order valence-electron chi connectivity index (χ0n) is 13.6. The van der Waals surface area contributed by atoms with Gasteiger partial charge in [-0.2, -0.15) is 0 Å². The summed E-state index contributed by atoms with van der Waals surface area (Å²) < 4.78 is 5.55. The molecule has 1 aromatic carbocycles. The molecule has 0 bridgehead atoms. The van der Waals surface area contributed by atoms with Gasteiger partial charge in [0.1, 0.15) is 0 Å². The molecule has 2 heterocycles. The number of hydrogen-bond acceptors (Lipinski definition) is 6. The number of para-hydroxylation sites is 1. The monoisotopic (exact) mass is 344 g/mol. The van der Waals surface area contributed by atoms with E-state index in [1.165, 1.54) is 0 Å². The van der Waals surface area contributed by atoms with Crippen LogP contribution in [0, 0.1) is 0 Å². The van der Waals surface area contributed by atoms with Crippen molar-refractivity contribution in [3.8, 4) is 0 Å². The molecule has 8 heteroatoms. The van der Waals surface area contributed by atoms with Crippen LogP contribution in [0.2, 0.25) is 0 Å². The number of pyridine rings is 1. The van der Waals surface area contributed by atoms with Gasteiger partial charge < -0.3 is 15.4 Å². The number of hydroxylamine groups is 1. The lowest BCUT2D eigenvalue weighted by Crippen LogP contribution is -2.35. The molecule has 0 unspecified atom stereocenters. The van der Waals surface area contributed by atoms with E-state index < -0.39 is 5.91 Å². The molecule has 8 nitrogen and oxygen atoms in total. The zero-order valence-corrected chi connectivity index (χ0v) is 13.6.